The quantitative estimate of drug-likeness (QED) is 0.940. The molecule has 1 N–H and O–H groups in total. The maximum atomic E-state index is 12.7. The van der Waals surface area contributed by atoms with Gasteiger partial charge in [-0.15, -0.1) is 0 Å². The van der Waals surface area contributed by atoms with Crippen LogP contribution in [0.1, 0.15) is 30.7 Å². The Morgan fingerprint density at radius 3 is 2.62 bits per heavy atom. The van der Waals surface area contributed by atoms with E-state index in [0.717, 1.165) is 32.4 Å². The number of anilines is 1. The number of amides is 1. The molecular formula is C19H24N4O. The van der Waals surface area contributed by atoms with Crippen molar-refractivity contribution in [1.82, 2.24) is 14.7 Å². The third-order valence-electron chi connectivity index (χ3n) is 5.21. The van der Waals surface area contributed by atoms with E-state index in [1.54, 1.807) is 0 Å². The van der Waals surface area contributed by atoms with Gasteiger partial charge in [-0.3, -0.25) is 9.48 Å². The zero-order chi connectivity index (χ0) is 16.5. The van der Waals surface area contributed by atoms with Crippen LogP contribution in [0, 0.1) is 5.92 Å². The zero-order valence-corrected chi connectivity index (χ0v) is 14.1. The number of nitrogens with zero attached hydrogens (tertiary/aromatic N) is 3. The van der Waals surface area contributed by atoms with Gasteiger partial charge in [0.2, 0.25) is 5.91 Å². The summed E-state index contributed by atoms with van der Waals surface area (Å²) in [5.74, 6) is 0.890. The van der Waals surface area contributed by atoms with Crippen LogP contribution in [0.2, 0.25) is 0 Å². The minimum Gasteiger partial charge on any atom is -0.382 e. The number of rotatable bonds is 4. The van der Waals surface area contributed by atoms with Crippen molar-refractivity contribution in [2.24, 2.45) is 13.0 Å². The Morgan fingerprint density at radius 1 is 1.21 bits per heavy atom. The molecule has 0 bridgehead atoms. The summed E-state index contributed by atoms with van der Waals surface area (Å²) in [4.78, 5) is 14.8. The lowest BCUT2D eigenvalue weighted by molar-refractivity contribution is -0.133. The average molecular weight is 324 g/mol. The second-order valence-electron chi connectivity index (χ2n) is 7.01. The SMILES string of the molecule is Cn1cc([C@@H]2C[C@H]2C(=O)N2CCC(Nc3ccccc3)CC2)cn1. The summed E-state index contributed by atoms with van der Waals surface area (Å²) >= 11 is 0. The number of likely N-dealkylation sites (tertiary alicyclic amines) is 1. The van der Waals surface area contributed by atoms with E-state index in [4.69, 9.17) is 0 Å². The summed E-state index contributed by atoms with van der Waals surface area (Å²) in [6, 6.07) is 10.8. The minimum absolute atomic E-state index is 0.174. The van der Waals surface area contributed by atoms with Crippen LogP contribution in [0.5, 0.6) is 0 Å². The van der Waals surface area contributed by atoms with Gasteiger partial charge in [-0.25, -0.2) is 0 Å². The summed E-state index contributed by atoms with van der Waals surface area (Å²) < 4.78 is 1.82. The number of piperidine rings is 1. The van der Waals surface area contributed by atoms with Crippen LogP contribution in [-0.2, 0) is 11.8 Å². The van der Waals surface area contributed by atoms with E-state index in [0.29, 0.717) is 17.9 Å². The van der Waals surface area contributed by atoms with Gasteiger partial charge in [-0.2, -0.15) is 5.10 Å². The number of hydrogen-bond acceptors (Lipinski definition) is 3. The minimum atomic E-state index is 0.174. The smallest absolute Gasteiger partial charge is 0.226 e. The maximum absolute atomic E-state index is 12.7. The van der Waals surface area contributed by atoms with E-state index in [1.165, 1.54) is 11.3 Å². The lowest BCUT2D eigenvalue weighted by Gasteiger charge is -2.33. The molecule has 5 heteroatoms. The lowest BCUT2D eigenvalue weighted by atomic mass is 10.0. The lowest BCUT2D eigenvalue weighted by Crippen LogP contribution is -2.43. The third-order valence-corrected chi connectivity index (χ3v) is 5.21. The van der Waals surface area contributed by atoms with Gasteiger partial charge in [0.1, 0.15) is 0 Å². The summed E-state index contributed by atoms with van der Waals surface area (Å²) in [7, 11) is 1.92. The zero-order valence-electron chi connectivity index (χ0n) is 14.1. The van der Waals surface area contributed by atoms with Crippen LogP contribution in [-0.4, -0.2) is 39.7 Å². The standard InChI is InChI=1S/C19H24N4O/c1-22-13-14(12-20-22)17-11-18(17)19(24)23-9-7-16(8-10-23)21-15-5-3-2-4-6-15/h2-6,12-13,16-18,21H,7-11H2,1H3/t17-,18+/m0/s1. The monoisotopic (exact) mass is 324 g/mol. The molecule has 1 aliphatic heterocycles. The molecule has 2 atom stereocenters. The highest BCUT2D eigenvalue weighted by atomic mass is 16.2. The largest absolute Gasteiger partial charge is 0.382 e. The predicted molar refractivity (Wildman–Crippen MR) is 93.7 cm³/mol. The number of carbonyl (C=O) groups excluding carboxylic acids is 1. The number of aromatic nitrogens is 2. The number of hydrogen-bond donors (Lipinski definition) is 1. The van der Waals surface area contributed by atoms with Gasteiger partial charge in [0.25, 0.3) is 0 Å². The Bertz CT molecular complexity index is 703. The Labute approximate surface area is 142 Å². The molecule has 0 unspecified atom stereocenters. The highest BCUT2D eigenvalue weighted by Gasteiger charge is 2.46. The second-order valence-corrected chi connectivity index (χ2v) is 7.01. The molecule has 0 spiro atoms. The molecule has 1 saturated carbocycles. The highest BCUT2D eigenvalue weighted by molar-refractivity contribution is 5.83. The van der Waals surface area contributed by atoms with Crippen LogP contribution in [0.15, 0.2) is 42.7 Å². The van der Waals surface area contributed by atoms with Gasteiger partial charge in [0, 0.05) is 44.0 Å². The van der Waals surface area contributed by atoms with Gasteiger partial charge in [-0.1, -0.05) is 18.2 Å². The van der Waals surface area contributed by atoms with Crippen molar-refractivity contribution in [3.05, 3.63) is 48.3 Å². The summed E-state index contributed by atoms with van der Waals surface area (Å²) in [5.41, 5.74) is 2.37. The van der Waals surface area contributed by atoms with Crippen molar-refractivity contribution in [3.8, 4) is 0 Å². The van der Waals surface area contributed by atoms with Crippen molar-refractivity contribution < 1.29 is 4.79 Å². The molecule has 126 valence electrons. The number of benzene rings is 1. The van der Waals surface area contributed by atoms with Gasteiger partial charge >= 0.3 is 0 Å². The molecule has 0 radical (unpaired) electrons. The molecule has 2 heterocycles. The molecule has 1 aromatic heterocycles. The van der Waals surface area contributed by atoms with Gasteiger partial charge < -0.3 is 10.2 Å². The molecule has 4 rings (SSSR count). The number of aryl methyl sites for hydroxylation is 1. The van der Waals surface area contributed by atoms with Crippen LogP contribution < -0.4 is 5.32 Å². The Balaban J connectivity index is 1.28. The molecule has 1 amide bonds. The third kappa shape index (κ3) is 3.16. The maximum Gasteiger partial charge on any atom is 0.226 e. The van der Waals surface area contributed by atoms with Crippen LogP contribution in [0.4, 0.5) is 5.69 Å². The Kier molecular flexibility index (Phi) is 4.00. The fourth-order valence-corrected chi connectivity index (χ4v) is 3.72. The predicted octanol–water partition coefficient (Wildman–Crippen LogP) is 2.63. The summed E-state index contributed by atoms with van der Waals surface area (Å²) in [5, 5.41) is 7.79. The van der Waals surface area contributed by atoms with Gasteiger partial charge in [0.15, 0.2) is 0 Å². The first-order valence-electron chi connectivity index (χ1n) is 8.79. The van der Waals surface area contributed by atoms with Crippen molar-refractivity contribution in [2.45, 2.75) is 31.2 Å². The van der Waals surface area contributed by atoms with Gasteiger partial charge in [-0.05, 0) is 42.9 Å². The van der Waals surface area contributed by atoms with E-state index < -0.39 is 0 Å². The molecule has 2 aromatic rings. The first-order chi connectivity index (χ1) is 11.7. The Morgan fingerprint density at radius 2 is 1.96 bits per heavy atom. The molecule has 24 heavy (non-hydrogen) atoms. The number of carbonyl (C=O) groups is 1. The van der Waals surface area contributed by atoms with Crippen molar-refractivity contribution in [3.63, 3.8) is 0 Å². The van der Waals surface area contributed by atoms with E-state index in [2.05, 4.69) is 27.4 Å². The van der Waals surface area contributed by atoms with Gasteiger partial charge in [0.05, 0.1) is 6.20 Å². The van der Waals surface area contributed by atoms with Crippen molar-refractivity contribution in [2.75, 3.05) is 18.4 Å². The second kappa shape index (κ2) is 6.30. The number of nitrogens with one attached hydrogen (secondary N) is 1. The summed E-state index contributed by atoms with van der Waals surface area (Å²) in [6.07, 6.45) is 6.95. The molecule has 1 aliphatic carbocycles. The van der Waals surface area contributed by atoms with Crippen LogP contribution in [0.3, 0.4) is 0 Å². The fraction of sp³-hybridized carbons (Fsp3) is 0.474. The molecule has 5 nitrogen and oxygen atoms in total. The van der Waals surface area contributed by atoms with E-state index in [-0.39, 0.29) is 5.92 Å². The molecule has 1 aromatic carbocycles. The molecule has 2 aliphatic rings. The average Bonchev–Trinajstić information content (AvgIpc) is 3.30. The van der Waals surface area contributed by atoms with E-state index in [9.17, 15) is 4.79 Å². The number of para-hydroxylation sites is 1. The van der Waals surface area contributed by atoms with E-state index >= 15 is 0 Å². The molecule has 1 saturated heterocycles. The van der Waals surface area contributed by atoms with Crippen molar-refractivity contribution in [1.29, 1.82) is 0 Å². The Hall–Kier alpha value is -2.30. The topological polar surface area (TPSA) is 50.2 Å². The summed E-state index contributed by atoms with van der Waals surface area (Å²) in [6.45, 7) is 1.72. The molecule has 2 fully saturated rings. The van der Waals surface area contributed by atoms with E-state index in [1.807, 2.05) is 42.3 Å². The van der Waals surface area contributed by atoms with Crippen molar-refractivity contribution >= 4 is 11.6 Å². The first-order valence-corrected chi connectivity index (χ1v) is 8.79. The highest BCUT2D eigenvalue weighted by Crippen LogP contribution is 2.48. The van der Waals surface area contributed by atoms with Crippen LogP contribution >= 0.6 is 0 Å². The fourth-order valence-electron chi connectivity index (χ4n) is 3.72. The van der Waals surface area contributed by atoms with Crippen LogP contribution in [0.25, 0.3) is 0 Å². The molecular weight excluding hydrogens is 300 g/mol. The normalized spacial score (nSPS) is 24.0. The first kappa shape index (κ1) is 15.2.